The molecule has 0 amide bonds. The van der Waals surface area contributed by atoms with Gasteiger partial charge in [0.1, 0.15) is 0 Å². The molecule has 2 heteroatoms. The van der Waals surface area contributed by atoms with Crippen LogP contribution in [0.1, 0.15) is 70.8 Å². The van der Waals surface area contributed by atoms with Gasteiger partial charge in [0.05, 0.1) is 34.1 Å². The van der Waals surface area contributed by atoms with Crippen LogP contribution in [0.5, 0.6) is 0 Å². The van der Waals surface area contributed by atoms with Gasteiger partial charge in [-0.1, -0.05) is 178 Å². The molecule has 0 N–H and O–H groups in total. The molecule has 0 spiro atoms. The number of nitrogens with zero attached hydrogens (tertiary/aromatic N) is 2. The molecule has 0 saturated carbocycles. The van der Waals surface area contributed by atoms with E-state index in [2.05, 4.69) is 250 Å². The Morgan fingerprint density at radius 1 is 0.333 bits per heavy atom. The molecule has 10 aromatic rings. The average Bonchev–Trinajstić information content (AvgIpc) is 3.29. The summed E-state index contributed by atoms with van der Waals surface area (Å²) in [5, 5.41) is 7.60. The van der Waals surface area contributed by atoms with Crippen LogP contribution < -0.4 is 9.80 Å². The fraction of sp³-hybridized carbons (Fsp3) is 0.188. The fourth-order valence-electron chi connectivity index (χ4n) is 10.9. The zero-order valence-electron chi connectivity index (χ0n) is 40.5. The van der Waals surface area contributed by atoms with Gasteiger partial charge in [0.15, 0.2) is 0 Å². The molecule has 0 fully saturated rings. The second-order valence-electron chi connectivity index (χ2n) is 19.8. The van der Waals surface area contributed by atoms with Gasteiger partial charge in [-0.05, 0) is 155 Å². The van der Waals surface area contributed by atoms with E-state index in [9.17, 15) is 0 Å². The molecular formula is C64H60N2. The van der Waals surface area contributed by atoms with E-state index in [-0.39, 0.29) is 5.41 Å². The van der Waals surface area contributed by atoms with Gasteiger partial charge in [-0.3, -0.25) is 0 Å². The summed E-state index contributed by atoms with van der Waals surface area (Å²) in [6, 6.07) is 61.5. The first-order chi connectivity index (χ1) is 31.7. The van der Waals surface area contributed by atoms with Crippen molar-refractivity contribution >= 4 is 66.4 Å². The zero-order valence-corrected chi connectivity index (χ0v) is 40.5. The lowest BCUT2D eigenvalue weighted by Gasteiger charge is -2.37. The van der Waals surface area contributed by atoms with Crippen LogP contribution in [-0.4, -0.2) is 0 Å². The van der Waals surface area contributed by atoms with Crippen LogP contribution in [0.2, 0.25) is 0 Å². The van der Waals surface area contributed by atoms with E-state index in [0.717, 1.165) is 11.4 Å². The minimum absolute atomic E-state index is 0.00323. The van der Waals surface area contributed by atoms with Gasteiger partial charge in [0.25, 0.3) is 0 Å². The van der Waals surface area contributed by atoms with Crippen LogP contribution in [0, 0.1) is 55.4 Å². The van der Waals surface area contributed by atoms with E-state index in [1.807, 2.05) is 0 Å². The lowest BCUT2D eigenvalue weighted by molar-refractivity contribution is 0.591. The van der Waals surface area contributed by atoms with Crippen LogP contribution >= 0.6 is 0 Å². The minimum atomic E-state index is -0.00323. The molecule has 0 atom stereocenters. The van der Waals surface area contributed by atoms with Gasteiger partial charge in [0, 0.05) is 16.2 Å². The normalized spacial score (nSPS) is 11.9. The molecule has 0 unspecified atom stereocenters. The Bertz CT molecular complexity index is 3220. The first kappa shape index (κ1) is 42.8. The predicted molar refractivity (Wildman–Crippen MR) is 287 cm³/mol. The minimum Gasteiger partial charge on any atom is -0.309 e. The average molecular weight is 857 g/mol. The molecule has 10 rings (SSSR count). The van der Waals surface area contributed by atoms with Crippen LogP contribution in [0.15, 0.2) is 164 Å². The van der Waals surface area contributed by atoms with Crippen molar-refractivity contribution in [2.75, 3.05) is 9.80 Å². The zero-order chi connectivity index (χ0) is 46.2. The fourth-order valence-corrected chi connectivity index (χ4v) is 10.9. The molecule has 0 aliphatic heterocycles. The van der Waals surface area contributed by atoms with Crippen LogP contribution in [0.25, 0.3) is 54.6 Å². The highest BCUT2D eigenvalue weighted by Gasteiger charge is 2.30. The molecule has 0 aliphatic carbocycles. The Morgan fingerprint density at radius 3 is 1.09 bits per heavy atom. The Labute approximate surface area is 392 Å². The Hall–Kier alpha value is -7.16. The van der Waals surface area contributed by atoms with Crippen molar-refractivity contribution in [1.82, 2.24) is 0 Å². The molecule has 0 heterocycles. The van der Waals surface area contributed by atoms with E-state index in [4.69, 9.17) is 0 Å². The first-order valence-corrected chi connectivity index (χ1v) is 23.5. The summed E-state index contributed by atoms with van der Waals surface area (Å²) in [5.41, 5.74) is 23.3. The van der Waals surface area contributed by atoms with E-state index < -0.39 is 0 Å². The van der Waals surface area contributed by atoms with Crippen molar-refractivity contribution in [2.45, 2.75) is 81.6 Å². The maximum absolute atomic E-state index is 2.63. The molecule has 0 saturated heterocycles. The molecule has 66 heavy (non-hydrogen) atoms. The molecule has 0 radical (unpaired) electrons. The number of hydrogen-bond acceptors (Lipinski definition) is 2. The highest BCUT2D eigenvalue weighted by Crippen LogP contribution is 2.54. The summed E-state index contributed by atoms with van der Waals surface area (Å²) in [6.45, 7) is 25.3. The molecule has 2 nitrogen and oxygen atoms in total. The highest BCUT2D eigenvalue weighted by molar-refractivity contribution is 6.29. The third-order valence-electron chi connectivity index (χ3n) is 14.2. The van der Waals surface area contributed by atoms with Gasteiger partial charge >= 0.3 is 0 Å². The van der Waals surface area contributed by atoms with E-state index in [0.29, 0.717) is 0 Å². The van der Waals surface area contributed by atoms with Crippen LogP contribution in [0.3, 0.4) is 0 Å². The standard InChI is InChI=1S/C64H60N2/c1-39-20-18-21-40(2)60(39)65(62-43(5)28-32-52(45(62)7)47-24-14-12-15-25-47)56-38-57(55-35-31-50-37-51(64(9,10)11)36-49-30-34-54(56)59(55)58(49)50)66(61-41(3)22-19-23-42(61)4)63-44(6)29-33-53(46(63)8)48-26-16-13-17-27-48/h12-38H,1-11H3. The van der Waals surface area contributed by atoms with Crippen molar-refractivity contribution in [3.63, 3.8) is 0 Å². The molecule has 326 valence electrons. The van der Waals surface area contributed by atoms with Crippen molar-refractivity contribution < 1.29 is 0 Å². The number of hydrogen-bond donors (Lipinski definition) is 0. The van der Waals surface area contributed by atoms with Gasteiger partial charge in [0.2, 0.25) is 0 Å². The summed E-state index contributed by atoms with van der Waals surface area (Å²) in [5.74, 6) is 0. The third kappa shape index (κ3) is 7.02. The number of para-hydroxylation sites is 2. The smallest absolute Gasteiger partial charge is 0.0562 e. The maximum Gasteiger partial charge on any atom is 0.0562 e. The maximum atomic E-state index is 2.63. The van der Waals surface area contributed by atoms with Gasteiger partial charge in [-0.15, -0.1) is 0 Å². The molecule has 0 bridgehead atoms. The quantitative estimate of drug-likeness (QED) is 0.141. The van der Waals surface area contributed by atoms with Crippen molar-refractivity contribution in [3.8, 4) is 22.3 Å². The highest BCUT2D eigenvalue weighted by atomic mass is 15.2. The Morgan fingerprint density at radius 2 is 0.712 bits per heavy atom. The van der Waals surface area contributed by atoms with Crippen molar-refractivity contribution in [2.24, 2.45) is 0 Å². The monoisotopic (exact) mass is 856 g/mol. The summed E-state index contributed by atoms with van der Waals surface area (Å²) in [6.07, 6.45) is 0. The van der Waals surface area contributed by atoms with Gasteiger partial charge in [-0.2, -0.15) is 0 Å². The summed E-state index contributed by atoms with van der Waals surface area (Å²) < 4.78 is 0. The number of benzene rings is 10. The lowest BCUT2D eigenvalue weighted by Crippen LogP contribution is -2.19. The Kier molecular flexibility index (Phi) is 10.6. The molecule has 0 aliphatic rings. The van der Waals surface area contributed by atoms with Crippen molar-refractivity contribution in [1.29, 1.82) is 0 Å². The number of rotatable bonds is 8. The van der Waals surface area contributed by atoms with Crippen LogP contribution in [0.4, 0.5) is 34.1 Å². The van der Waals surface area contributed by atoms with Crippen molar-refractivity contribution in [3.05, 3.63) is 214 Å². The van der Waals surface area contributed by atoms with E-state index in [1.54, 1.807) is 0 Å². The Balaban J connectivity index is 1.42. The van der Waals surface area contributed by atoms with E-state index >= 15 is 0 Å². The summed E-state index contributed by atoms with van der Waals surface area (Å²) in [7, 11) is 0. The van der Waals surface area contributed by atoms with Crippen LogP contribution in [-0.2, 0) is 5.41 Å². The summed E-state index contributed by atoms with van der Waals surface area (Å²) in [4.78, 5) is 5.25. The number of anilines is 6. The second kappa shape index (κ2) is 16.4. The molecule has 10 aromatic carbocycles. The van der Waals surface area contributed by atoms with Gasteiger partial charge < -0.3 is 9.80 Å². The lowest BCUT2D eigenvalue weighted by atomic mass is 9.83. The summed E-state index contributed by atoms with van der Waals surface area (Å²) >= 11 is 0. The van der Waals surface area contributed by atoms with Gasteiger partial charge in [-0.25, -0.2) is 0 Å². The van der Waals surface area contributed by atoms with E-state index in [1.165, 1.54) is 127 Å². The third-order valence-corrected chi connectivity index (χ3v) is 14.2. The molecular weight excluding hydrogens is 797 g/mol. The second-order valence-corrected chi connectivity index (χ2v) is 19.8. The largest absolute Gasteiger partial charge is 0.309 e. The number of aryl methyl sites for hydroxylation is 6. The predicted octanol–water partition coefficient (Wildman–Crippen LogP) is 18.6. The molecule has 0 aromatic heterocycles. The SMILES string of the molecule is Cc1cccc(C)c1N(c1c(C)ccc(-c2ccccc2)c1C)c1cc(N(c2c(C)cccc2C)c2c(C)ccc(-c3ccccc3)c2C)c2ccc3cc(C(C)(C)C)cc4ccc1c2c43. The first-order valence-electron chi connectivity index (χ1n) is 23.5. The topological polar surface area (TPSA) is 6.48 Å².